The van der Waals surface area contributed by atoms with Crippen molar-refractivity contribution >= 4 is 28.4 Å². The van der Waals surface area contributed by atoms with Crippen molar-refractivity contribution in [1.29, 1.82) is 0 Å². The van der Waals surface area contributed by atoms with Gasteiger partial charge in [0.25, 0.3) is 0 Å². The molecule has 0 unspecified atom stereocenters. The Morgan fingerprint density at radius 1 is 1.06 bits per heavy atom. The third-order valence-electron chi connectivity index (χ3n) is 4.98. The average molecular weight is 456 g/mol. The van der Waals surface area contributed by atoms with Crippen molar-refractivity contribution < 1.29 is 27.2 Å². The molecule has 1 aromatic carbocycles. The SMILES string of the molecule is CC(=O)c1c[nH]c2ncc(-c3ccc(CC(=O)Nc4ccnc(C(F)(F)F)c4)c(F)c3)cc12. The van der Waals surface area contributed by atoms with Crippen LogP contribution in [0.3, 0.4) is 0 Å². The molecule has 6 nitrogen and oxygen atoms in total. The van der Waals surface area contributed by atoms with Crippen molar-refractivity contribution in [3.63, 3.8) is 0 Å². The number of hydrogen-bond donors (Lipinski definition) is 2. The highest BCUT2D eigenvalue weighted by atomic mass is 19.4. The summed E-state index contributed by atoms with van der Waals surface area (Å²) in [5.41, 5.74) is 0.909. The monoisotopic (exact) mass is 456 g/mol. The Hall–Kier alpha value is -4.08. The van der Waals surface area contributed by atoms with E-state index < -0.39 is 23.6 Å². The number of anilines is 1. The second-order valence-corrected chi connectivity index (χ2v) is 7.34. The number of pyridine rings is 2. The number of carbonyl (C=O) groups is 2. The maximum Gasteiger partial charge on any atom is 0.433 e. The van der Waals surface area contributed by atoms with E-state index in [0.717, 1.165) is 6.20 Å². The van der Waals surface area contributed by atoms with Crippen LogP contribution in [0, 0.1) is 5.82 Å². The van der Waals surface area contributed by atoms with Crippen molar-refractivity contribution in [2.45, 2.75) is 19.5 Å². The number of hydrogen-bond acceptors (Lipinski definition) is 4. The summed E-state index contributed by atoms with van der Waals surface area (Å²) in [6.45, 7) is 1.44. The molecule has 3 heterocycles. The van der Waals surface area contributed by atoms with E-state index in [2.05, 4.69) is 20.3 Å². The first kappa shape index (κ1) is 22.1. The Labute approximate surface area is 184 Å². The van der Waals surface area contributed by atoms with E-state index in [1.807, 2.05) is 0 Å². The number of alkyl halides is 3. The quantitative estimate of drug-likeness (QED) is 0.321. The van der Waals surface area contributed by atoms with Gasteiger partial charge in [0.1, 0.15) is 17.2 Å². The summed E-state index contributed by atoms with van der Waals surface area (Å²) in [5, 5.41) is 2.93. The van der Waals surface area contributed by atoms with Crippen LogP contribution in [0.2, 0.25) is 0 Å². The molecule has 0 spiro atoms. The molecule has 4 aromatic rings. The average Bonchev–Trinajstić information content (AvgIpc) is 3.18. The maximum atomic E-state index is 14.7. The maximum absolute atomic E-state index is 14.7. The molecule has 3 aromatic heterocycles. The van der Waals surface area contributed by atoms with E-state index in [1.165, 1.54) is 31.3 Å². The molecular weight excluding hydrogens is 440 g/mol. The summed E-state index contributed by atoms with van der Waals surface area (Å²) in [6, 6.07) is 7.90. The highest BCUT2D eigenvalue weighted by Crippen LogP contribution is 2.29. The van der Waals surface area contributed by atoms with Gasteiger partial charge in [-0.1, -0.05) is 12.1 Å². The van der Waals surface area contributed by atoms with Crippen LogP contribution in [0.1, 0.15) is 28.5 Å². The number of halogens is 4. The van der Waals surface area contributed by atoms with E-state index in [-0.39, 0.29) is 23.5 Å². The first-order valence-corrected chi connectivity index (χ1v) is 9.72. The third-order valence-corrected chi connectivity index (χ3v) is 4.98. The second-order valence-electron chi connectivity index (χ2n) is 7.34. The second kappa shape index (κ2) is 8.45. The number of amides is 1. The van der Waals surface area contributed by atoms with Crippen molar-refractivity contribution in [3.8, 4) is 11.1 Å². The zero-order chi connectivity index (χ0) is 23.8. The Kier molecular flexibility index (Phi) is 5.67. The van der Waals surface area contributed by atoms with Crippen molar-refractivity contribution in [3.05, 3.63) is 77.6 Å². The van der Waals surface area contributed by atoms with Gasteiger partial charge in [0.2, 0.25) is 5.91 Å². The zero-order valence-electron chi connectivity index (χ0n) is 17.1. The fourth-order valence-corrected chi connectivity index (χ4v) is 3.36. The van der Waals surface area contributed by atoms with Crippen molar-refractivity contribution in [1.82, 2.24) is 15.0 Å². The highest BCUT2D eigenvalue weighted by molar-refractivity contribution is 6.06. The number of aromatic amines is 1. The van der Waals surface area contributed by atoms with Crippen LogP contribution < -0.4 is 5.32 Å². The van der Waals surface area contributed by atoms with Crippen molar-refractivity contribution in [2.24, 2.45) is 0 Å². The van der Waals surface area contributed by atoms with E-state index in [0.29, 0.717) is 33.8 Å². The summed E-state index contributed by atoms with van der Waals surface area (Å²) in [4.78, 5) is 34.4. The first-order chi connectivity index (χ1) is 15.6. The normalized spacial score (nSPS) is 11.5. The molecule has 4 rings (SSSR count). The molecular formula is C23H16F4N4O2. The number of H-pyrrole nitrogens is 1. The fourth-order valence-electron chi connectivity index (χ4n) is 3.36. The van der Waals surface area contributed by atoms with E-state index >= 15 is 0 Å². The lowest BCUT2D eigenvalue weighted by Gasteiger charge is -2.10. The van der Waals surface area contributed by atoms with Crippen LogP contribution in [0.5, 0.6) is 0 Å². The molecule has 0 aliphatic heterocycles. The first-order valence-electron chi connectivity index (χ1n) is 9.72. The van der Waals surface area contributed by atoms with Gasteiger partial charge in [-0.05, 0) is 42.3 Å². The summed E-state index contributed by atoms with van der Waals surface area (Å²) in [6.07, 6.45) is -0.996. The number of benzene rings is 1. The number of nitrogens with one attached hydrogen (secondary N) is 2. The number of ketones is 1. The summed E-state index contributed by atoms with van der Waals surface area (Å²) in [7, 11) is 0. The Morgan fingerprint density at radius 2 is 1.85 bits per heavy atom. The molecule has 0 fully saturated rings. The number of rotatable bonds is 5. The van der Waals surface area contributed by atoms with Gasteiger partial charge in [-0.2, -0.15) is 13.2 Å². The number of Topliss-reactive ketones (excluding diaryl/α,β-unsaturated/α-hetero) is 1. The molecule has 0 radical (unpaired) electrons. The summed E-state index contributed by atoms with van der Waals surface area (Å²) >= 11 is 0. The lowest BCUT2D eigenvalue weighted by molar-refractivity contribution is -0.141. The predicted molar refractivity (Wildman–Crippen MR) is 113 cm³/mol. The van der Waals surface area contributed by atoms with E-state index in [9.17, 15) is 27.2 Å². The smallest absolute Gasteiger partial charge is 0.345 e. The molecule has 0 saturated carbocycles. The number of nitrogens with zero attached hydrogens (tertiary/aromatic N) is 2. The molecule has 1 amide bonds. The van der Waals surface area contributed by atoms with Crippen LogP contribution >= 0.6 is 0 Å². The summed E-state index contributed by atoms with van der Waals surface area (Å²) in [5.74, 6) is -1.47. The van der Waals surface area contributed by atoms with Crippen LogP contribution in [-0.2, 0) is 17.4 Å². The van der Waals surface area contributed by atoms with Gasteiger partial charge in [0.05, 0.1) is 6.42 Å². The number of aromatic nitrogens is 3. The van der Waals surface area contributed by atoms with Crippen LogP contribution in [0.4, 0.5) is 23.2 Å². The van der Waals surface area contributed by atoms with Crippen LogP contribution in [0.15, 0.2) is 55.0 Å². The van der Waals surface area contributed by atoms with Gasteiger partial charge in [-0.3, -0.25) is 14.6 Å². The predicted octanol–water partition coefficient (Wildman–Crippen LogP) is 5.17. The minimum Gasteiger partial charge on any atom is -0.345 e. The highest BCUT2D eigenvalue weighted by Gasteiger charge is 2.32. The van der Waals surface area contributed by atoms with Gasteiger partial charge >= 0.3 is 6.18 Å². The minimum absolute atomic E-state index is 0.0708. The third kappa shape index (κ3) is 4.74. The zero-order valence-corrected chi connectivity index (χ0v) is 17.1. The molecule has 0 aliphatic carbocycles. The largest absolute Gasteiger partial charge is 0.433 e. The van der Waals surface area contributed by atoms with Gasteiger partial charge in [-0.15, -0.1) is 0 Å². The van der Waals surface area contributed by atoms with Gasteiger partial charge < -0.3 is 10.3 Å². The molecule has 0 bridgehead atoms. The van der Waals surface area contributed by atoms with E-state index in [4.69, 9.17) is 0 Å². The molecule has 0 saturated heterocycles. The standard InChI is InChI=1S/C23H16F4N4O2/c1-12(32)18-11-30-22-17(18)6-15(10-29-22)13-2-3-14(19(24)7-13)8-21(33)31-16-4-5-28-20(9-16)23(25,26)27/h2-7,9-11H,8H2,1H3,(H,29,30)(H,28,31,33). The Morgan fingerprint density at radius 3 is 2.55 bits per heavy atom. The molecule has 168 valence electrons. The van der Waals surface area contributed by atoms with Gasteiger partial charge in [0, 0.05) is 40.8 Å². The Bertz CT molecular complexity index is 1380. The fraction of sp³-hybridized carbons (Fsp3) is 0.130. The Balaban J connectivity index is 1.52. The molecule has 0 atom stereocenters. The molecule has 33 heavy (non-hydrogen) atoms. The lowest BCUT2D eigenvalue weighted by atomic mass is 10.0. The summed E-state index contributed by atoms with van der Waals surface area (Å²) < 4.78 is 53.0. The van der Waals surface area contributed by atoms with Crippen LogP contribution in [0.25, 0.3) is 22.2 Å². The molecule has 0 aliphatic rings. The lowest BCUT2D eigenvalue weighted by Crippen LogP contribution is -2.16. The number of fused-ring (bicyclic) bond motifs is 1. The number of carbonyl (C=O) groups excluding carboxylic acids is 2. The topological polar surface area (TPSA) is 87.7 Å². The minimum atomic E-state index is -4.65. The molecule has 10 heteroatoms. The van der Waals surface area contributed by atoms with Gasteiger partial charge in [0.15, 0.2) is 5.78 Å². The van der Waals surface area contributed by atoms with Crippen LogP contribution in [-0.4, -0.2) is 26.6 Å². The van der Waals surface area contributed by atoms with Crippen molar-refractivity contribution in [2.75, 3.05) is 5.32 Å². The van der Waals surface area contributed by atoms with Gasteiger partial charge in [-0.25, -0.2) is 9.37 Å². The van der Waals surface area contributed by atoms with E-state index in [1.54, 1.807) is 18.3 Å². The molecule has 2 N–H and O–H groups in total.